The van der Waals surface area contributed by atoms with Gasteiger partial charge in [-0.25, -0.2) is 9.97 Å². The summed E-state index contributed by atoms with van der Waals surface area (Å²) < 4.78 is 0. The number of aliphatic hydroxyl groups is 1. The van der Waals surface area contributed by atoms with Crippen LogP contribution in [0.2, 0.25) is 0 Å². The Bertz CT molecular complexity index is 968. The first-order chi connectivity index (χ1) is 13.5. The third-order valence-electron chi connectivity index (χ3n) is 4.41. The Morgan fingerprint density at radius 3 is 2.57 bits per heavy atom. The van der Waals surface area contributed by atoms with Crippen molar-refractivity contribution < 1.29 is 15.0 Å². The summed E-state index contributed by atoms with van der Waals surface area (Å²) in [5.41, 5.74) is 4.65. The van der Waals surface area contributed by atoms with Crippen LogP contribution in [0.1, 0.15) is 29.3 Å². The average Bonchev–Trinajstić information content (AvgIpc) is 3.12. The molecule has 0 spiro atoms. The molecule has 0 unspecified atom stereocenters. The third-order valence-corrected chi connectivity index (χ3v) is 5.39. The lowest BCUT2D eigenvalue weighted by atomic mass is 10.1. The molecule has 28 heavy (non-hydrogen) atoms. The number of aliphatic hydroxyl groups excluding tert-OH is 1. The first-order valence-corrected chi connectivity index (χ1v) is 10.0. The monoisotopic (exact) mass is 397 g/mol. The zero-order valence-corrected chi connectivity index (χ0v) is 16.7. The van der Waals surface area contributed by atoms with E-state index in [1.807, 2.05) is 30.5 Å². The molecule has 0 amide bonds. The minimum absolute atomic E-state index is 0.00576. The SMILES string of the molecule is CCc1c(C)nc(-c2cc(CCO)cs2)nc1Nc1ccc(CC(=O)O)cc1. The normalized spacial score (nSPS) is 10.8. The van der Waals surface area contributed by atoms with E-state index in [1.165, 1.54) is 0 Å². The predicted octanol–water partition coefficient (Wildman–Crippen LogP) is 3.98. The van der Waals surface area contributed by atoms with Crippen LogP contribution in [-0.2, 0) is 24.1 Å². The molecule has 0 aliphatic heterocycles. The van der Waals surface area contributed by atoms with E-state index in [4.69, 9.17) is 15.2 Å². The molecule has 3 rings (SSSR count). The summed E-state index contributed by atoms with van der Waals surface area (Å²) >= 11 is 1.57. The van der Waals surface area contributed by atoms with Gasteiger partial charge in [0.05, 0.1) is 11.3 Å². The Hall–Kier alpha value is -2.77. The second kappa shape index (κ2) is 8.95. The largest absolute Gasteiger partial charge is 0.481 e. The fourth-order valence-electron chi connectivity index (χ4n) is 3.00. The van der Waals surface area contributed by atoms with E-state index in [-0.39, 0.29) is 13.0 Å². The number of thiophene rings is 1. The molecule has 146 valence electrons. The topological polar surface area (TPSA) is 95.3 Å². The Labute approximate surface area is 167 Å². The van der Waals surface area contributed by atoms with Crippen LogP contribution in [0.3, 0.4) is 0 Å². The second-order valence-electron chi connectivity index (χ2n) is 6.50. The molecule has 2 heterocycles. The van der Waals surface area contributed by atoms with Crippen LogP contribution in [0.25, 0.3) is 10.7 Å². The van der Waals surface area contributed by atoms with E-state index in [1.54, 1.807) is 23.5 Å². The van der Waals surface area contributed by atoms with Crippen LogP contribution in [0.15, 0.2) is 35.7 Å². The van der Waals surface area contributed by atoms with Crippen LogP contribution in [-0.4, -0.2) is 32.8 Å². The van der Waals surface area contributed by atoms with Gasteiger partial charge in [-0.05, 0) is 54.5 Å². The van der Waals surface area contributed by atoms with Gasteiger partial charge in [0, 0.05) is 23.6 Å². The number of carboxylic acid groups (broad SMARTS) is 1. The van der Waals surface area contributed by atoms with Crippen LogP contribution in [0.5, 0.6) is 0 Å². The molecule has 0 aliphatic carbocycles. The maximum atomic E-state index is 10.8. The number of rotatable bonds is 8. The van der Waals surface area contributed by atoms with Crippen LogP contribution in [0, 0.1) is 6.92 Å². The molecular formula is C21H23N3O3S. The number of nitrogens with zero attached hydrogens (tertiary/aromatic N) is 2. The first-order valence-electron chi connectivity index (χ1n) is 9.14. The molecule has 1 aromatic carbocycles. The Balaban J connectivity index is 1.90. The second-order valence-corrected chi connectivity index (χ2v) is 7.41. The highest BCUT2D eigenvalue weighted by atomic mass is 32.1. The number of hydrogen-bond acceptors (Lipinski definition) is 6. The highest BCUT2D eigenvalue weighted by Gasteiger charge is 2.14. The van der Waals surface area contributed by atoms with Crippen molar-refractivity contribution in [3.05, 3.63) is 58.1 Å². The van der Waals surface area contributed by atoms with E-state index in [2.05, 4.69) is 17.2 Å². The van der Waals surface area contributed by atoms with Crippen molar-refractivity contribution in [2.75, 3.05) is 11.9 Å². The van der Waals surface area contributed by atoms with Crippen molar-refractivity contribution in [1.29, 1.82) is 0 Å². The quantitative estimate of drug-likeness (QED) is 0.532. The number of aryl methyl sites for hydroxylation is 1. The van der Waals surface area contributed by atoms with Crippen molar-refractivity contribution in [3.8, 4) is 10.7 Å². The predicted molar refractivity (Wildman–Crippen MR) is 111 cm³/mol. The summed E-state index contributed by atoms with van der Waals surface area (Å²) in [5.74, 6) is 0.573. The van der Waals surface area contributed by atoms with E-state index in [9.17, 15) is 4.79 Å². The number of anilines is 2. The fourth-order valence-corrected chi connectivity index (χ4v) is 3.88. The standard InChI is InChI=1S/C21H23N3O3S/c1-3-17-13(2)22-21(18-10-15(8-9-25)12-28-18)24-20(17)23-16-6-4-14(5-7-16)11-19(26)27/h4-7,10,12,25H,3,8-9,11H2,1-2H3,(H,26,27)(H,22,23,24). The summed E-state index contributed by atoms with van der Waals surface area (Å²) in [5, 5.41) is 23.4. The van der Waals surface area contributed by atoms with Crippen molar-refractivity contribution in [1.82, 2.24) is 9.97 Å². The van der Waals surface area contributed by atoms with Crippen LogP contribution >= 0.6 is 11.3 Å². The molecule has 0 fully saturated rings. The molecule has 2 aromatic heterocycles. The summed E-state index contributed by atoms with van der Waals surface area (Å²) in [6.45, 7) is 4.17. The number of aliphatic carboxylic acids is 1. The van der Waals surface area contributed by atoms with Gasteiger partial charge in [0.15, 0.2) is 5.82 Å². The van der Waals surface area contributed by atoms with Gasteiger partial charge in [-0.15, -0.1) is 11.3 Å². The summed E-state index contributed by atoms with van der Waals surface area (Å²) in [6.07, 6.45) is 1.42. The lowest BCUT2D eigenvalue weighted by Crippen LogP contribution is -2.05. The Morgan fingerprint density at radius 2 is 1.93 bits per heavy atom. The van der Waals surface area contributed by atoms with Gasteiger partial charge in [-0.2, -0.15) is 0 Å². The number of carboxylic acids is 1. The smallest absolute Gasteiger partial charge is 0.307 e. The Kier molecular flexibility index (Phi) is 6.38. The summed E-state index contributed by atoms with van der Waals surface area (Å²) in [6, 6.07) is 9.35. The molecular weight excluding hydrogens is 374 g/mol. The van der Waals surface area contributed by atoms with Crippen LogP contribution < -0.4 is 5.32 Å². The lowest BCUT2D eigenvalue weighted by Gasteiger charge is -2.14. The lowest BCUT2D eigenvalue weighted by molar-refractivity contribution is -0.136. The van der Waals surface area contributed by atoms with Crippen LogP contribution in [0.4, 0.5) is 11.5 Å². The molecule has 6 nitrogen and oxygen atoms in total. The van der Waals surface area contributed by atoms with E-state index >= 15 is 0 Å². The molecule has 0 aliphatic rings. The van der Waals surface area contributed by atoms with Crippen molar-refractivity contribution in [3.63, 3.8) is 0 Å². The molecule has 0 saturated heterocycles. The number of hydrogen-bond donors (Lipinski definition) is 3. The maximum absolute atomic E-state index is 10.8. The molecule has 3 N–H and O–H groups in total. The fraction of sp³-hybridized carbons (Fsp3) is 0.286. The number of nitrogens with one attached hydrogen (secondary N) is 1. The zero-order valence-electron chi connectivity index (χ0n) is 15.9. The van der Waals surface area contributed by atoms with E-state index in [0.717, 1.165) is 45.2 Å². The number of aromatic nitrogens is 2. The average molecular weight is 398 g/mol. The summed E-state index contributed by atoms with van der Waals surface area (Å²) in [7, 11) is 0. The third kappa shape index (κ3) is 4.74. The minimum Gasteiger partial charge on any atom is -0.481 e. The van der Waals surface area contributed by atoms with Crippen molar-refractivity contribution in [2.45, 2.75) is 33.1 Å². The van der Waals surface area contributed by atoms with Gasteiger partial charge < -0.3 is 15.5 Å². The Morgan fingerprint density at radius 1 is 1.18 bits per heavy atom. The minimum atomic E-state index is -0.846. The van der Waals surface area contributed by atoms with Gasteiger partial charge in [-0.1, -0.05) is 19.1 Å². The van der Waals surface area contributed by atoms with E-state index < -0.39 is 5.97 Å². The van der Waals surface area contributed by atoms with Crippen molar-refractivity contribution in [2.24, 2.45) is 0 Å². The molecule has 0 atom stereocenters. The molecule has 3 aromatic rings. The highest BCUT2D eigenvalue weighted by molar-refractivity contribution is 7.13. The number of carbonyl (C=O) groups is 1. The van der Waals surface area contributed by atoms with Gasteiger partial charge in [-0.3, -0.25) is 4.79 Å². The van der Waals surface area contributed by atoms with Gasteiger partial charge in [0.25, 0.3) is 0 Å². The summed E-state index contributed by atoms with van der Waals surface area (Å²) in [4.78, 5) is 21.2. The molecule has 7 heteroatoms. The number of benzene rings is 1. The zero-order chi connectivity index (χ0) is 20.1. The maximum Gasteiger partial charge on any atom is 0.307 e. The molecule has 0 bridgehead atoms. The van der Waals surface area contributed by atoms with Gasteiger partial charge in [0.2, 0.25) is 0 Å². The van der Waals surface area contributed by atoms with E-state index in [0.29, 0.717) is 12.2 Å². The molecule has 0 saturated carbocycles. The van der Waals surface area contributed by atoms with Gasteiger partial charge in [0.1, 0.15) is 5.82 Å². The molecule has 0 radical (unpaired) electrons. The van der Waals surface area contributed by atoms with Gasteiger partial charge >= 0.3 is 5.97 Å². The highest BCUT2D eigenvalue weighted by Crippen LogP contribution is 2.29. The first kappa shape index (κ1) is 20.0. The van der Waals surface area contributed by atoms with Crippen molar-refractivity contribution >= 4 is 28.8 Å².